The Morgan fingerprint density at radius 2 is 0.918 bits per heavy atom. The number of carbonyl (C=O) groups excluding carboxylic acids is 1. The highest BCUT2D eigenvalue weighted by Crippen LogP contribution is 2.41. The van der Waals surface area contributed by atoms with Gasteiger partial charge in [0.15, 0.2) is 0 Å². The van der Waals surface area contributed by atoms with Crippen molar-refractivity contribution in [2.75, 3.05) is 50.5 Å². The highest BCUT2D eigenvalue weighted by Gasteiger charge is 2.40. The second-order valence-electron chi connectivity index (χ2n) is 23.0. The lowest BCUT2D eigenvalue weighted by atomic mass is 8.84. The van der Waals surface area contributed by atoms with Gasteiger partial charge >= 0.3 is 36.4 Å². The normalized spacial score (nSPS) is 14.0. The monoisotopic (exact) mass is 1540 g/mol. The van der Waals surface area contributed by atoms with Crippen LogP contribution in [-0.4, -0.2) is 280 Å². The van der Waals surface area contributed by atoms with E-state index in [1.165, 1.54) is 71.6 Å². The number of hydrogen-bond donors (Lipinski definition) is 7. The molecule has 0 saturated heterocycles. The van der Waals surface area contributed by atoms with E-state index in [1.807, 2.05) is 161 Å². The number of aliphatic carboxylic acids is 3. The summed E-state index contributed by atoms with van der Waals surface area (Å²) >= 11 is 12.5. The molecule has 110 heavy (non-hydrogen) atoms. The summed E-state index contributed by atoms with van der Waals surface area (Å²) in [5, 5.41) is 58.2. The predicted octanol–water partition coefficient (Wildman–Crippen LogP) is 6.56. The molecule has 22 radical (unpaired) electrons. The molecule has 4 aliphatic heterocycles. The molecule has 0 saturated carbocycles. The van der Waals surface area contributed by atoms with Crippen LogP contribution in [0.1, 0.15) is 113 Å². The Balaban J connectivity index is 0.000000711. The second kappa shape index (κ2) is 55.0. The van der Waals surface area contributed by atoms with E-state index in [9.17, 15) is 44.3 Å². The number of aryl methyl sites for hydroxylation is 4. The molecule has 0 spiro atoms. The Morgan fingerprint density at radius 3 is 1.21 bits per heavy atom. The smallest absolute Gasteiger partial charge is 0.475 e. The first-order valence-electron chi connectivity index (χ1n) is 33.6. The van der Waals surface area contributed by atoms with E-state index in [0.29, 0.717) is 6.42 Å². The first-order valence-corrected chi connectivity index (χ1v) is 34.4. The maximum absolute atomic E-state index is 10.6. The number of alkyl halides is 9. The average Bonchev–Trinajstić information content (AvgIpc) is 1.60. The minimum Gasteiger partial charge on any atom is -0.475 e. The van der Waals surface area contributed by atoms with Gasteiger partial charge in [-0.25, -0.2) is 23.7 Å². The molecule has 2 aromatic heterocycles. The van der Waals surface area contributed by atoms with Crippen LogP contribution in [0.4, 0.5) is 50.9 Å². The number of hydrogen-bond acceptors (Lipinski definition) is 13. The predicted molar refractivity (Wildman–Crippen MR) is 444 cm³/mol. The SMILES string of the molecule is C.C.CCC=O.CCCN1CC=C(c2ccc3c(c2)C(Nc2cccc(Cl)c2)CCn2nnc(C)c2-3)CC1.CO.Cc1nnn2c1-c1ccc(C3=CCNCC3)cc1C(Nc1cccc(Cl)c1)CC2.O=C(O)C(F)(F)F.O=C(O)C(F)(F)F.O=C(O)C(F)(F)F.[B][B][B][B][B][B][B][B][B][B][B][B][B][B][B][B][B][B][B][B]. The van der Waals surface area contributed by atoms with Gasteiger partial charge in [-0.15, -0.1) is 10.2 Å². The van der Waals surface area contributed by atoms with E-state index in [1.54, 1.807) is 14.1 Å². The molecule has 49 heteroatoms. The number of nitrogens with zero attached hydrogens (tertiary/aromatic N) is 7. The number of benzene rings is 4. The van der Waals surface area contributed by atoms with Gasteiger partial charge in [-0.2, -0.15) is 39.5 Å². The number of carboxylic acid groups (broad SMARTS) is 3. The first-order chi connectivity index (χ1) is 51.5. The molecule has 0 bridgehead atoms. The van der Waals surface area contributed by atoms with Gasteiger partial charge in [0.2, 0.25) is 0 Å². The largest absolute Gasteiger partial charge is 0.490 e. The fraction of sp³-hybridized carbons (Fsp3) is 0.410. The summed E-state index contributed by atoms with van der Waals surface area (Å²) in [6, 6.07) is 30.0. The Morgan fingerprint density at radius 1 is 0.564 bits per heavy atom. The van der Waals surface area contributed by atoms with Crippen LogP contribution in [0.25, 0.3) is 33.7 Å². The van der Waals surface area contributed by atoms with Crippen LogP contribution in [0.15, 0.2) is 97.1 Å². The van der Waals surface area contributed by atoms with Crippen LogP contribution in [0, 0.1) is 13.8 Å². The highest BCUT2D eigenvalue weighted by molar-refractivity contribution is 7.75. The highest BCUT2D eigenvalue weighted by atomic mass is 35.5. The zero-order chi connectivity index (χ0) is 80.2. The number of aromatic nitrogens is 6. The van der Waals surface area contributed by atoms with Gasteiger partial charge in [0.05, 0.1) is 34.9 Å². The van der Waals surface area contributed by atoms with Crippen molar-refractivity contribution >= 4 is 212 Å². The Labute approximate surface area is 666 Å². The van der Waals surface area contributed by atoms with E-state index in [2.05, 4.69) is 114 Å². The van der Waals surface area contributed by atoms with Crippen LogP contribution in [0.2, 0.25) is 10.0 Å². The molecule has 0 amide bonds. The van der Waals surface area contributed by atoms with Gasteiger partial charge in [-0.3, -0.25) is 4.90 Å². The topological polar surface area (TPSA) is 250 Å². The van der Waals surface area contributed by atoms with Gasteiger partial charge in [0.25, 0.3) is 0 Å². The van der Waals surface area contributed by atoms with Crippen molar-refractivity contribution in [3.8, 4) is 22.5 Å². The number of carbonyl (C=O) groups is 4. The molecule has 18 nitrogen and oxygen atoms in total. The Bertz CT molecular complexity index is 3690. The van der Waals surface area contributed by atoms with Crippen molar-refractivity contribution in [2.45, 2.75) is 125 Å². The minimum atomic E-state index is -5.08. The van der Waals surface area contributed by atoms with Crippen molar-refractivity contribution in [3.63, 3.8) is 0 Å². The molecule has 6 aromatic rings. The van der Waals surface area contributed by atoms with Crippen molar-refractivity contribution < 1.29 is 79.1 Å². The van der Waals surface area contributed by atoms with Crippen molar-refractivity contribution in [3.05, 3.63) is 141 Å². The Kier molecular flexibility index (Phi) is 50.7. The van der Waals surface area contributed by atoms with Crippen molar-refractivity contribution in [1.29, 1.82) is 0 Å². The molecule has 7 N–H and O–H groups in total. The summed E-state index contributed by atoms with van der Waals surface area (Å²) in [5.41, 5.74) is 16.8. The third-order valence-electron chi connectivity index (χ3n) is 15.2. The number of aliphatic hydroxyl groups is 1. The van der Waals surface area contributed by atoms with E-state index < -0.39 is 36.4 Å². The summed E-state index contributed by atoms with van der Waals surface area (Å²) in [6.07, 6.45) is -3.79. The van der Waals surface area contributed by atoms with Crippen molar-refractivity contribution in [1.82, 2.24) is 40.2 Å². The molecule has 0 aliphatic carbocycles. The van der Waals surface area contributed by atoms with Crippen LogP contribution >= 0.6 is 23.2 Å². The van der Waals surface area contributed by atoms with Crippen LogP contribution in [-0.2, 0) is 32.3 Å². The number of anilines is 2. The first kappa shape index (κ1) is 101. The molecule has 10 rings (SSSR count). The lowest BCUT2D eigenvalue weighted by Gasteiger charge is -2.27. The van der Waals surface area contributed by atoms with E-state index in [-0.39, 0.29) is 26.9 Å². The lowest BCUT2D eigenvalue weighted by Crippen LogP contribution is -2.36. The van der Waals surface area contributed by atoms with Crippen LogP contribution in [0.5, 0.6) is 0 Å². The van der Waals surface area contributed by atoms with Gasteiger partial charge in [0, 0.05) is 221 Å². The number of carboxylic acids is 3. The van der Waals surface area contributed by atoms with Crippen molar-refractivity contribution in [2.24, 2.45) is 0 Å². The van der Waals surface area contributed by atoms with E-state index in [4.69, 9.17) is 73.5 Å². The minimum absolute atomic E-state index is 0. The summed E-state index contributed by atoms with van der Waals surface area (Å²) < 4.78 is 99.3. The maximum Gasteiger partial charge on any atom is 0.490 e. The van der Waals surface area contributed by atoms with Gasteiger partial charge in [0.1, 0.15) is 6.29 Å². The second-order valence-corrected chi connectivity index (χ2v) is 23.9. The molecular weight excluding hydrogens is 1460 g/mol. The molecule has 0 fully saturated rings. The molecule has 2 atom stereocenters. The molecule has 2 unspecified atom stereocenters. The number of rotatable bonds is 26. The standard InChI is InChI=1S/C26H30ClN5.C23H24ClN5.C3H6O.3C2HF3O2.CH4O.2CH4.B20/c1-3-12-31-13-9-19(10-14-31)20-7-8-23-24(16-20)25(28-22-6-4-5-21(27)17-22)11-15-32-26(23)18(2)29-30-32;1-15-23-20-6-5-17(16-7-10-25-11-8-16)13-21(20)22(9-12-29(23)28-27-15)26-19-4-2-3-18(24)14-19;1-2-3-4;3*3-2(4,5)1(6)7;1-2;;;1-3-5-7-9-11-13-15-17-19-20-18-16-14-12-10-8-6-4-2/h4-9,16-17,25,28H,3,10-15H2,1-2H3;2-7,13-14,22,25-26H,8-12H2,1H3;3H,2H2,1H3;3*(H,6,7);2H,1H3;2*1H4;. The lowest BCUT2D eigenvalue weighted by molar-refractivity contribution is -0.193. The summed E-state index contributed by atoms with van der Waals surface area (Å²) in [4.78, 5) is 38.4. The Hall–Kier alpha value is -6.55. The fourth-order valence-corrected chi connectivity index (χ4v) is 10.8. The number of aliphatic hydroxyl groups excluding tert-OH is 1. The van der Waals surface area contributed by atoms with Gasteiger partial charge < -0.3 is 41.2 Å². The van der Waals surface area contributed by atoms with Gasteiger partial charge in [-0.1, -0.05) is 111 Å². The zero-order valence-corrected chi connectivity index (χ0v) is 61.4. The number of aldehydes is 1. The molecule has 4 aliphatic rings. The maximum atomic E-state index is 10.6. The summed E-state index contributed by atoms with van der Waals surface area (Å²) in [7, 11) is 45.0. The number of fused-ring (bicyclic) bond motifs is 6. The molecule has 4 aromatic carbocycles. The molecule has 6 heterocycles. The van der Waals surface area contributed by atoms with Crippen LogP contribution < -0.4 is 16.0 Å². The summed E-state index contributed by atoms with van der Waals surface area (Å²) in [5.74, 6) is -8.27. The quantitative estimate of drug-likeness (QED) is 0.0131. The fourth-order valence-electron chi connectivity index (χ4n) is 10.4. The van der Waals surface area contributed by atoms with E-state index >= 15 is 0 Å². The number of nitrogens with one attached hydrogen (secondary N) is 3. The average molecular weight is 1530 g/mol. The molecular formula is C61H75B20Cl2F9N10O8. The third-order valence-corrected chi connectivity index (χ3v) is 15.7. The number of halogens is 11. The van der Waals surface area contributed by atoms with Gasteiger partial charge in [-0.05, 0) is 141 Å². The van der Waals surface area contributed by atoms with Crippen LogP contribution in [0.3, 0.4) is 0 Å². The van der Waals surface area contributed by atoms with E-state index in [0.717, 1.165) is 123 Å². The summed E-state index contributed by atoms with van der Waals surface area (Å²) in [6.45, 7) is 15.1. The third kappa shape index (κ3) is 37.9. The molecule has 554 valence electrons. The zero-order valence-electron chi connectivity index (χ0n) is 59.9.